The van der Waals surface area contributed by atoms with Crippen LogP contribution in [0.5, 0.6) is 5.75 Å². The van der Waals surface area contributed by atoms with E-state index in [0.717, 1.165) is 34.7 Å². The fourth-order valence-electron chi connectivity index (χ4n) is 3.12. The van der Waals surface area contributed by atoms with Gasteiger partial charge in [0.15, 0.2) is 0 Å². The van der Waals surface area contributed by atoms with E-state index in [4.69, 9.17) is 4.74 Å². The topological polar surface area (TPSA) is 67.4 Å². The van der Waals surface area contributed by atoms with Gasteiger partial charge in [-0.25, -0.2) is 9.97 Å². The van der Waals surface area contributed by atoms with Crippen LogP contribution in [0.3, 0.4) is 0 Å². The Kier molecular flexibility index (Phi) is 5.60. The Balaban J connectivity index is 2.06. The number of thiophene rings is 1. The van der Waals surface area contributed by atoms with Crippen molar-refractivity contribution in [1.29, 1.82) is 0 Å². The smallest absolute Gasteiger partial charge is 0.266 e. The molecular formula is C20H24N4O2S. The van der Waals surface area contributed by atoms with Crippen LogP contribution in [-0.2, 0) is 0 Å². The molecule has 0 aliphatic heterocycles. The fourth-order valence-corrected chi connectivity index (χ4v) is 4.23. The number of rotatable bonds is 6. The zero-order chi connectivity index (χ0) is 19.6. The number of carbonyl (C=O) groups is 1. The van der Waals surface area contributed by atoms with Gasteiger partial charge in [0.05, 0.1) is 23.1 Å². The van der Waals surface area contributed by atoms with Crippen molar-refractivity contribution in [2.24, 2.45) is 0 Å². The number of amides is 1. The second-order valence-corrected chi connectivity index (χ2v) is 7.16. The Morgan fingerprint density at radius 1 is 1.19 bits per heavy atom. The van der Waals surface area contributed by atoms with Crippen molar-refractivity contribution in [2.45, 2.75) is 27.7 Å². The maximum absolute atomic E-state index is 13.0. The first-order valence-electron chi connectivity index (χ1n) is 8.97. The molecule has 0 saturated heterocycles. The third-order valence-corrected chi connectivity index (χ3v) is 5.69. The first-order chi connectivity index (χ1) is 13.0. The predicted molar refractivity (Wildman–Crippen MR) is 111 cm³/mol. The van der Waals surface area contributed by atoms with Gasteiger partial charge in [-0.2, -0.15) is 0 Å². The minimum atomic E-state index is -0.164. The highest BCUT2D eigenvalue weighted by atomic mass is 32.1. The van der Waals surface area contributed by atoms with Crippen LogP contribution in [0, 0.1) is 13.8 Å². The number of anilines is 2. The summed E-state index contributed by atoms with van der Waals surface area (Å²) in [5.74, 6) is 2.07. The number of nitrogens with zero attached hydrogens (tertiary/aromatic N) is 3. The summed E-state index contributed by atoms with van der Waals surface area (Å²) in [6.07, 6.45) is 0. The van der Waals surface area contributed by atoms with Gasteiger partial charge in [-0.3, -0.25) is 4.79 Å². The van der Waals surface area contributed by atoms with E-state index < -0.39 is 0 Å². The number of ether oxygens (including phenoxy) is 1. The van der Waals surface area contributed by atoms with Crippen LogP contribution in [0.1, 0.15) is 34.9 Å². The van der Waals surface area contributed by atoms with Crippen molar-refractivity contribution in [3.05, 3.63) is 40.5 Å². The average molecular weight is 385 g/mol. The largest absolute Gasteiger partial charge is 0.495 e. The molecule has 0 radical (unpaired) electrons. The zero-order valence-corrected chi connectivity index (χ0v) is 17.1. The second kappa shape index (κ2) is 7.92. The van der Waals surface area contributed by atoms with E-state index in [0.29, 0.717) is 22.1 Å². The molecule has 1 aromatic carbocycles. The van der Waals surface area contributed by atoms with Crippen molar-refractivity contribution in [1.82, 2.24) is 9.97 Å². The summed E-state index contributed by atoms with van der Waals surface area (Å²) in [5, 5.41) is 3.91. The number of aryl methyl sites for hydroxylation is 2. The first-order valence-corrected chi connectivity index (χ1v) is 9.78. The molecule has 0 bridgehead atoms. The molecule has 0 atom stereocenters. The van der Waals surface area contributed by atoms with Gasteiger partial charge in [0.2, 0.25) is 0 Å². The lowest BCUT2D eigenvalue weighted by Gasteiger charge is -2.21. The first kappa shape index (κ1) is 19.1. The molecule has 0 unspecified atom stereocenters. The van der Waals surface area contributed by atoms with E-state index in [1.54, 1.807) is 7.11 Å². The second-order valence-electron chi connectivity index (χ2n) is 6.16. The molecule has 0 fully saturated rings. The minimum absolute atomic E-state index is 0.164. The maximum atomic E-state index is 13.0. The molecule has 3 aromatic rings. The van der Waals surface area contributed by atoms with Crippen LogP contribution in [0.4, 0.5) is 11.5 Å². The molecule has 0 aliphatic carbocycles. The minimum Gasteiger partial charge on any atom is -0.495 e. The Morgan fingerprint density at radius 2 is 1.89 bits per heavy atom. The summed E-state index contributed by atoms with van der Waals surface area (Å²) in [5.41, 5.74) is 1.55. The van der Waals surface area contributed by atoms with Gasteiger partial charge in [-0.05, 0) is 45.4 Å². The third kappa shape index (κ3) is 3.60. The predicted octanol–water partition coefficient (Wildman–Crippen LogP) is 4.42. The van der Waals surface area contributed by atoms with Crippen molar-refractivity contribution < 1.29 is 9.53 Å². The molecule has 7 heteroatoms. The number of nitrogens with one attached hydrogen (secondary N) is 1. The molecule has 27 heavy (non-hydrogen) atoms. The molecule has 1 N–H and O–H groups in total. The summed E-state index contributed by atoms with van der Waals surface area (Å²) in [6, 6.07) is 7.38. The van der Waals surface area contributed by atoms with Crippen LogP contribution in [0.25, 0.3) is 10.2 Å². The van der Waals surface area contributed by atoms with Gasteiger partial charge in [-0.15, -0.1) is 11.3 Å². The summed E-state index contributed by atoms with van der Waals surface area (Å²) in [4.78, 5) is 25.9. The Hall–Kier alpha value is -2.67. The van der Waals surface area contributed by atoms with Crippen LogP contribution in [0.2, 0.25) is 0 Å². The standard InChI is InChI=1S/C20H24N4O2S/c1-6-24(7-2)18-16-12(3)17(27-20(16)22-13(4)21-18)19(25)23-14-10-8-9-11-15(14)26-5/h8-11H,6-7H2,1-5H3,(H,23,25). The van der Waals surface area contributed by atoms with Crippen molar-refractivity contribution >= 4 is 39.0 Å². The highest BCUT2D eigenvalue weighted by molar-refractivity contribution is 7.20. The molecule has 0 aliphatic rings. The normalized spacial score (nSPS) is 10.9. The van der Waals surface area contributed by atoms with Gasteiger partial charge in [0.25, 0.3) is 5.91 Å². The highest BCUT2D eigenvalue weighted by Crippen LogP contribution is 2.36. The number of carbonyl (C=O) groups excluding carboxylic acids is 1. The number of hydrogen-bond acceptors (Lipinski definition) is 6. The van der Waals surface area contributed by atoms with E-state index in [1.807, 2.05) is 38.1 Å². The number of methoxy groups -OCH3 is 1. The maximum Gasteiger partial charge on any atom is 0.266 e. The third-order valence-electron chi connectivity index (χ3n) is 4.51. The molecule has 2 heterocycles. The molecule has 2 aromatic heterocycles. The Bertz CT molecular complexity index is 980. The van der Waals surface area contributed by atoms with E-state index in [1.165, 1.54) is 11.3 Å². The summed E-state index contributed by atoms with van der Waals surface area (Å²) in [7, 11) is 1.59. The summed E-state index contributed by atoms with van der Waals surface area (Å²) >= 11 is 1.40. The van der Waals surface area contributed by atoms with E-state index in [-0.39, 0.29) is 5.91 Å². The Morgan fingerprint density at radius 3 is 2.56 bits per heavy atom. The van der Waals surface area contributed by atoms with Gasteiger partial charge < -0.3 is 15.0 Å². The van der Waals surface area contributed by atoms with Gasteiger partial charge in [0.1, 0.15) is 22.2 Å². The van der Waals surface area contributed by atoms with E-state index in [2.05, 4.69) is 34.0 Å². The fraction of sp³-hybridized carbons (Fsp3) is 0.350. The lowest BCUT2D eigenvalue weighted by atomic mass is 10.1. The van der Waals surface area contributed by atoms with Crippen LogP contribution < -0.4 is 15.0 Å². The number of hydrogen-bond donors (Lipinski definition) is 1. The van der Waals surface area contributed by atoms with E-state index in [9.17, 15) is 4.79 Å². The summed E-state index contributed by atoms with van der Waals surface area (Å²) in [6.45, 7) is 9.74. The molecule has 1 amide bonds. The highest BCUT2D eigenvalue weighted by Gasteiger charge is 2.22. The number of aromatic nitrogens is 2. The molecule has 142 valence electrons. The average Bonchev–Trinajstić information content (AvgIpc) is 2.99. The van der Waals surface area contributed by atoms with Crippen LogP contribution in [0.15, 0.2) is 24.3 Å². The summed E-state index contributed by atoms with van der Waals surface area (Å²) < 4.78 is 5.33. The molecule has 3 rings (SSSR count). The molecular weight excluding hydrogens is 360 g/mol. The van der Waals surface area contributed by atoms with Crippen molar-refractivity contribution in [3.63, 3.8) is 0 Å². The lowest BCUT2D eigenvalue weighted by molar-refractivity contribution is 0.102. The quantitative estimate of drug-likeness (QED) is 0.682. The van der Waals surface area contributed by atoms with E-state index >= 15 is 0 Å². The van der Waals surface area contributed by atoms with Crippen LogP contribution in [-0.4, -0.2) is 36.1 Å². The lowest BCUT2D eigenvalue weighted by Crippen LogP contribution is -2.23. The SMILES string of the molecule is CCN(CC)c1nc(C)nc2sc(C(=O)Nc3ccccc3OC)c(C)c12. The van der Waals surface area contributed by atoms with Crippen molar-refractivity contribution in [2.75, 3.05) is 30.4 Å². The Labute approximate surface area is 163 Å². The van der Waals surface area contributed by atoms with Gasteiger partial charge in [-0.1, -0.05) is 12.1 Å². The van der Waals surface area contributed by atoms with Gasteiger partial charge >= 0.3 is 0 Å². The van der Waals surface area contributed by atoms with Crippen molar-refractivity contribution in [3.8, 4) is 5.75 Å². The van der Waals surface area contributed by atoms with Gasteiger partial charge in [0, 0.05) is 13.1 Å². The molecule has 0 spiro atoms. The number of para-hydroxylation sites is 2. The number of benzene rings is 1. The molecule has 0 saturated carbocycles. The number of fused-ring (bicyclic) bond motifs is 1. The van der Waals surface area contributed by atoms with Crippen LogP contribution >= 0.6 is 11.3 Å². The molecule has 6 nitrogen and oxygen atoms in total. The zero-order valence-electron chi connectivity index (χ0n) is 16.3. The monoisotopic (exact) mass is 384 g/mol.